The third-order valence-electron chi connectivity index (χ3n) is 18.8. The topological polar surface area (TPSA) is 76.9 Å². The quantitative estimate of drug-likeness (QED) is 0.114. The van der Waals surface area contributed by atoms with Gasteiger partial charge in [0.1, 0.15) is 51.8 Å². The Morgan fingerprint density at radius 2 is 0.867 bits per heavy atom. The van der Waals surface area contributed by atoms with Crippen LogP contribution in [0.4, 0.5) is 56.9 Å². The van der Waals surface area contributed by atoms with Crippen molar-refractivity contribution in [3.8, 4) is 63.3 Å². The Kier molecular flexibility index (Phi) is 10.7. The van der Waals surface area contributed by atoms with Crippen LogP contribution in [0, 0.1) is 18.8 Å². The molecule has 0 atom stereocenters. The summed E-state index contributed by atoms with van der Waals surface area (Å²) in [5.41, 5.74) is 19.1. The summed E-state index contributed by atoms with van der Waals surface area (Å²) in [5, 5.41) is 2.18. The van der Waals surface area contributed by atoms with Crippen molar-refractivity contribution < 1.29 is 44.7 Å². The van der Waals surface area contributed by atoms with Crippen LogP contribution in [-0.2, 0) is 26.5 Å². The molecule has 7 aliphatic rings. The molecule has 0 saturated carbocycles. The van der Waals surface area contributed by atoms with Gasteiger partial charge in [-0.1, -0.05) is 99.1 Å². The van der Waals surface area contributed by atoms with Gasteiger partial charge in [-0.15, -0.1) is 48.1 Å². The first kappa shape index (κ1) is 51.4. The molecule has 11 aromatic carbocycles. The average Bonchev–Trinajstić information content (AvgIpc) is 1.06. The number of hydrogen-bond donors (Lipinski definition) is 0. The van der Waals surface area contributed by atoms with Crippen LogP contribution in [0.1, 0.15) is 26.3 Å². The molecule has 0 aliphatic carbocycles. The van der Waals surface area contributed by atoms with Gasteiger partial charge in [-0.3, -0.25) is 0 Å². The predicted molar refractivity (Wildman–Crippen MR) is 355 cm³/mol. The van der Waals surface area contributed by atoms with Crippen LogP contribution >= 0.6 is 0 Å². The van der Waals surface area contributed by atoms with Crippen molar-refractivity contribution in [1.82, 2.24) is 9.55 Å². The molecule has 0 bridgehead atoms. The van der Waals surface area contributed by atoms with Crippen LogP contribution < -0.4 is 76.1 Å². The van der Waals surface area contributed by atoms with Crippen molar-refractivity contribution in [2.45, 2.75) is 26.2 Å². The number of para-hydroxylation sites is 4. The Bertz CT molecular complexity index is 4980. The van der Waals surface area contributed by atoms with Crippen molar-refractivity contribution in [3.05, 3.63) is 249 Å². The van der Waals surface area contributed by atoms with Gasteiger partial charge in [-0.05, 0) is 153 Å². The first-order valence-corrected chi connectivity index (χ1v) is 30.1. The number of pyridine rings is 1. The van der Waals surface area contributed by atoms with E-state index in [1.165, 1.54) is 5.56 Å². The number of fused-ring (bicyclic) bond motifs is 4. The summed E-state index contributed by atoms with van der Waals surface area (Å²) in [6.45, 7) is 8.64. The molecule has 0 N–H and O–H groups in total. The van der Waals surface area contributed by atoms with Gasteiger partial charge in [-0.25, -0.2) is 4.98 Å². The fourth-order valence-corrected chi connectivity index (χ4v) is 15.1. The minimum absolute atomic E-state index is 0. The second-order valence-corrected chi connectivity index (χ2v) is 24.6. The number of anilines is 10. The van der Waals surface area contributed by atoms with E-state index < -0.39 is 0 Å². The van der Waals surface area contributed by atoms with E-state index in [1.54, 1.807) is 0 Å². The SMILES string of the molecule is CC(C)(C)c1ccnc(-n2c3[c-]c(Oc4[c-]c(N5[CH-]N(c6c(N7c8cccc9c8B8c%10c(cccc%10Oc%10cccc7c%108)O9)cccc6N6c7cccc8c7B7c9c(cccc9Oc9cccc6c97)O8)c6ccccc65)ccc4)ccc3c3ccccc32)c1.[Pt]. The summed E-state index contributed by atoms with van der Waals surface area (Å²) >= 11 is 0. The summed E-state index contributed by atoms with van der Waals surface area (Å²) < 4.78 is 36.6. The summed E-state index contributed by atoms with van der Waals surface area (Å²) in [7, 11) is 0. The third kappa shape index (κ3) is 7.09. The number of aromatic nitrogens is 2. The van der Waals surface area contributed by atoms with E-state index in [2.05, 4.69) is 252 Å². The maximum atomic E-state index is 6.88. The molecule has 0 fully saturated rings. The first-order valence-electron chi connectivity index (χ1n) is 30.1. The Balaban J connectivity index is 0.00000583. The zero-order chi connectivity index (χ0) is 58.5. The molecule has 0 saturated heterocycles. The molecule has 20 rings (SSSR count). The van der Waals surface area contributed by atoms with Gasteiger partial charge >= 0.3 is 0 Å². The Labute approximate surface area is 533 Å². The Morgan fingerprint density at radius 3 is 1.41 bits per heavy atom. The van der Waals surface area contributed by atoms with Gasteiger partial charge in [0.25, 0.3) is 13.4 Å². The van der Waals surface area contributed by atoms with E-state index in [1.807, 2.05) is 36.5 Å². The molecule has 2 aromatic heterocycles. The molecule has 0 amide bonds. The molecular formula is C76H47B2N6O5Pt-3. The minimum Gasteiger partial charge on any atom is -0.509 e. The van der Waals surface area contributed by atoms with E-state index >= 15 is 0 Å². The van der Waals surface area contributed by atoms with Gasteiger partial charge in [0.05, 0.1) is 17.1 Å². The Morgan fingerprint density at radius 1 is 0.422 bits per heavy atom. The van der Waals surface area contributed by atoms with E-state index in [0.29, 0.717) is 11.5 Å². The van der Waals surface area contributed by atoms with Gasteiger partial charge in [-0.2, -0.15) is 12.1 Å². The molecule has 0 spiro atoms. The molecule has 0 unspecified atom stereocenters. The van der Waals surface area contributed by atoms with Gasteiger partial charge in [0.15, 0.2) is 0 Å². The van der Waals surface area contributed by atoms with E-state index in [4.69, 9.17) is 28.7 Å². The zero-order valence-corrected chi connectivity index (χ0v) is 50.9. The number of hydrogen-bond acceptors (Lipinski definition) is 10. The van der Waals surface area contributed by atoms with Crippen LogP contribution in [0.25, 0.3) is 27.6 Å². The van der Waals surface area contributed by atoms with Crippen LogP contribution in [0.2, 0.25) is 0 Å². The van der Waals surface area contributed by atoms with E-state index in [0.717, 1.165) is 163 Å². The fourth-order valence-electron chi connectivity index (χ4n) is 15.1. The fraction of sp³-hybridized carbons (Fsp3) is 0.0526. The van der Waals surface area contributed by atoms with Crippen molar-refractivity contribution in [2.75, 3.05) is 19.6 Å². The molecule has 0 radical (unpaired) electrons. The molecular weight excluding hydrogens is 1290 g/mol. The van der Waals surface area contributed by atoms with Crippen LogP contribution in [-0.4, -0.2) is 23.0 Å². The largest absolute Gasteiger partial charge is 0.509 e. The minimum atomic E-state index is -0.116. The van der Waals surface area contributed by atoms with Crippen LogP contribution in [0.15, 0.2) is 225 Å². The zero-order valence-electron chi connectivity index (χ0n) is 48.6. The van der Waals surface area contributed by atoms with E-state index in [9.17, 15) is 0 Å². The summed E-state index contributed by atoms with van der Waals surface area (Å²) in [5.74, 6) is 8.45. The molecule has 11 nitrogen and oxygen atoms in total. The first-order chi connectivity index (χ1) is 43.8. The van der Waals surface area contributed by atoms with Crippen molar-refractivity contribution >= 4 is 125 Å². The standard InChI is InChI=1S/C76H47B2N6O5.Pt/c1-76(2,3)44-38-39-79-68(40-44)84-50-19-5-4-18-48(50)49-37-36-47(42-59(49)84)85-46-17-8-16-45(41-46)80-43-81(52-21-7-6-20-51(52)80)75-57(82-53-22-10-28-60-69(53)77-70-54(82)23-11-29-61(70)87-65-33-14-32-64(86-60)73(65)77)26-9-27-58(75)83-55-24-12-30-62-71(55)78-72-56(83)25-13-31-63(72)89-67-35-15-34-66(88-62)74(67)78;/h4-40,43H,1-3H3;/q-3;. The second kappa shape index (κ2) is 18.7. The van der Waals surface area contributed by atoms with Crippen molar-refractivity contribution in [2.24, 2.45) is 0 Å². The van der Waals surface area contributed by atoms with E-state index in [-0.39, 0.29) is 39.9 Å². The maximum Gasteiger partial charge on any atom is 0.266 e. The number of rotatable bonds is 7. The normalized spacial score (nSPS) is 14.3. The molecule has 7 aliphatic heterocycles. The molecule has 90 heavy (non-hydrogen) atoms. The number of nitrogens with zero attached hydrogens (tertiary/aromatic N) is 6. The summed E-state index contributed by atoms with van der Waals surface area (Å²) in [6.07, 6.45) is 1.90. The summed E-state index contributed by atoms with van der Waals surface area (Å²) in [4.78, 5) is 14.3. The Hall–Kier alpha value is -10.6. The second-order valence-electron chi connectivity index (χ2n) is 24.6. The monoisotopic (exact) mass is 1340 g/mol. The van der Waals surface area contributed by atoms with Gasteiger partial charge in [0, 0.05) is 89.3 Å². The van der Waals surface area contributed by atoms with Crippen molar-refractivity contribution in [3.63, 3.8) is 0 Å². The molecule has 9 heterocycles. The third-order valence-corrected chi connectivity index (χ3v) is 18.8. The summed E-state index contributed by atoms with van der Waals surface area (Å²) in [6, 6.07) is 83.6. The predicted octanol–water partition coefficient (Wildman–Crippen LogP) is 15.3. The van der Waals surface area contributed by atoms with Crippen LogP contribution in [0.5, 0.6) is 57.5 Å². The molecule has 14 heteroatoms. The van der Waals surface area contributed by atoms with Gasteiger partial charge < -0.3 is 47.9 Å². The van der Waals surface area contributed by atoms with Gasteiger partial charge in [0.2, 0.25) is 0 Å². The number of ether oxygens (including phenoxy) is 5. The molecule has 430 valence electrons. The van der Waals surface area contributed by atoms with Crippen molar-refractivity contribution in [1.29, 1.82) is 0 Å². The maximum absolute atomic E-state index is 6.88. The smallest absolute Gasteiger partial charge is 0.266 e. The molecule has 13 aromatic rings. The average molecular weight is 1340 g/mol. The number of benzene rings is 11. The van der Waals surface area contributed by atoms with Crippen LogP contribution in [0.3, 0.4) is 0 Å².